The number of nitrogens with one attached hydrogen (secondary N) is 1. The van der Waals surface area contributed by atoms with Gasteiger partial charge in [0, 0.05) is 36.2 Å². The molecule has 0 saturated carbocycles. The number of imidazole rings is 1. The molecule has 5 nitrogen and oxygen atoms in total. The fraction of sp³-hybridized carbons (Fsp3) is 0.333. The molecule has 0 saturated heterocycles. The van der Waals surface area contributed by atoms with Gasteiger partial charge in [0.05, 0.1) is 6.33 Å². The van der Waals surface area contributed by atoms with Crippen molar-refractivity contribution >= 4 is 11.6 Å². The third-order valence-corrected chi connectivity index (χ3v) is 3.04. The number of nitrogens with zero attached hydrogens (tertiary/aromatic N) is 2. The lowest BCUT2D eigenvalue weighted by Gasteiger charge is -2.11. The van der Waals surface area contributed by atoms with Crippen molar-refractivity contribution in [3.8, 4) is 5.69 Å². The zero-order chi connectivity index (χ0) is 14.4. The van der Waals surface area contributed by atoms with Gasteiger partial charge in [-0.3, -0.25) is 4.79 Å². The Kier molecular flexibility index (Phi) is 4.90. The first-order valence-electron chi connectivity index (χ1n) is 6.83. The van der Waals surface area contributed by atoms with Gasteiger partial charge in [0.25, 0.3) is 0 Å². The zero-order valence-electron chi connectivity index (χ0n) is 11.6. The summed E-state index contributed by atoms with van der Waals surface area (Å²) in [5.74, 6) is -0.0475. The molecule has 1 heterocycles. The van der Waals surface area contributed by atoms with Crippen LogP contribution in [0.25, 0.3) is 5.69 Å². The molecule has 106 valence electrons. The van der Waals surface area contributed by atoms with Crippen molar-refractivity contribution < 1.29 is 4.79 Å². The molecule has 2 rings (SSSR count). The predicted molar refractivity (Wildman–Crippen MR) is 79.7 cm³/mol. The SMILES string of the molecule is CCCC(N)CC(=O)Nc1cccc(-n2ccnc2)c1. The van der Waals surface area contributed by atoms with Crippen LogP contribution in [0.15, 0.2) is 43.0 Å². The van der Waals surface area contributed by atoms with Gasteiger partial charge in [-0.25, -0.2) is 4.98 Å². The maximum Gasteiger partial charge on any atom is 0.225 e. The van der Waals surface area contributed by atoms with Crippen molar-refractivity contribution in [2.45, 2.75) is 32.2 Å². The Morgan fingerprint density at radius 2 is 2.35 bits per heavy atom. The summed E-state index contributed by atoms with van der Waals surface area (Å²) in [6, 6.07) is 7.56. The van der Waals surface area contributed by atoms with Gasteiger partial charge in [0.1, 0.15) is 0 Å². The molecule has 1 atom stereocenters. The van der Waals surface area contributed by atoms with E-state index in [0.29, 0.717) is 6.42 Å². The molecule has 3 N–H and O–H groups in total. The standard InChI is InChI=1S/C15H20N4O/c1-2-4-12(16)9-15(20)18-13-5-3-6-14(10-13)19-8-7-17-11-19/h3,5-8,10-12H,2,4,9,16H2,1H3,(H,18,20). The summed E-state index contributed by atoms with van der Waals surface area (Å²) in [5.41, 5.74) is 7.60. The number of benzene rings is 1. The van der Waals surface area contributed by atoms with E-state index in [1.54, 1.807) is 12.5 Å². The molecule has 5 heteroatoms. The van der Waals surface area contributed by atoms with E-state index in [1.165, 1.54) is 0 Å². The van der Waals surface area contributed by atoms with Crippen LogP contribution in [-0.2, 0) is 4.79 Å². The molecule has 1 aromatic heterocycles. The summed E-state index contributed by atoms with van der Waals surface area (Å²) in [5, 5.41) is 2.88. The molecule has 0 bridgehead atoms. The van der Waals surface area contributed by atoms with Crippen molar-refractivity contribution in [1.29, 1.82) is 0 Å². The average molecular weight is 272 g/mol. The molecule has 1 unspecified atom stereocenters. The van der Waals surface area contributed by atoms with Crippen molar-refractivity contribution in [2.24, 2.45) is 5.73 Å². The highest BCUT2D eigenvalue weighted by Gasteiger charge is 2.09. The first kappa shape index (κ1) is 14.3. The minimum atomic E-state index is -0.0724. The molecule has 0 aliphatic rings. The van der Waals surface area contributed by atoms with Crippen molar-refractivity contribution in [1.82, 2.24) is 9.55 Å². The van der Waals surface area contributed by atoms with Gasteiger partial charge >= 0.3 is 0 Å². The van der Waals surface area contributed by atoms with Crippen LogP contribution in [0.3, 0.4) is 0 Å². The zero-order valence-corrected chi connectivity index (χ0v) is 11.6. The molecule has 1 aromatic carbocycles. The molecule has 0 spiro atoms. The highest BCUT2D eigenvalue weighted by molar-refractivity contribution is 5.91. The first-order chi connectivity index (χ1) is 9.69. The van der Waals surface area contributed by atoms with Crippen LogP contribution < -0.4 is 11.1 Å². The third-order valence-electron chi connectivity index (χ3n) is 3.04. The predicted octanol–water partition coefficient (Wildman–Crippen LogP) is 2.33. The number of carbonyl (C=O) groups is 1. The van der Waals surface area contributed by atoms with Gasteiger partial charge < -0.3 is 15.6 Å². The van der Waals surface area contributed by atoms with Gasteiger partial charge in [0.2, 0.25) is 5.91 Å². The molecule has 0 radical (unpaired) electrons. The monoisotopic (exact) mass is 272 g/mol. The largest absolute Gasteiger partial charge is 0.327 e. The van der Waals surface area contributed by atoms with Gasteiger partial charge in [-0.2, -0.15) is 0 Å². The summed E-state index contributed by atoms with van der Waals surface area (Å²) in [7, 11) is 0. The lowest BCUT2D eigenvalue weighted by molar-refractivity contribution is -0.116. The molecular weight excluding hydrogens is 252 g/mol. The molecule has 0 aliphatic heterocycles. The minimum Gasteiger partial charge on any atom is -0.327 e. The maximum absolute atomic E-state index is 11.9. The van der Waals surface area contributed by atoms with E-state index in [2.05, 4.69) is 17.2 Å². The Morgan fingerprint density at radius 1 is 1.50 bits per heavy atom. The first-order valence-corrected chi connectivity index (χ1v) is 6.83. The smallest absolute Gasteiger partial charge is 0.225 e. The molecule has 1 amide bonds. The fourth-order valence-electron chi connectivity index (χ4n) is 2.08. The Balaban J connectivity index is 1.99. The third kappa shape index (κ3) is 3.93. The van der Waals surface area contributed by atoms with Crippen LogP contribution in [0, 0.1) is 0 Å². The molecule has 0 fully saturated rings. The Labute approximate surface area is 118 Å². The summed E-state index contributed by atoms with van der Waals surface area (Å²) >= 11 is 0. The molecule has 20 heavy (non-hydrogen) atoms. The maximum atomic E-state index is 11.9. The van der Waals surface area contributed by atoms with Crippen LogP contribution >= 0.6 is 0 Å². The van der Waals surface area contributed by atoms with Crippen LogP contribution in [0.1, 0.15) is 26.2 Å². The quantitative estimate of drug-likeness (QED) is 0.847. The molecule has 0 aliphatic carbocycles. The number of hydrogen-bond donors (Lipinski definition) is 2. The lowest BCUT2D eigenvalue weighted by Crippen LogP contribution is -2.26. The summed E-state index contributed by atoms with van der Waals surface area (Å²) in [4.78, 5) is 15.9. The van der Waals surface area contributed by atoms with Crippen molar-refractivity contribution in [3.63, 3.8) is 0 Å². The van der Waals surface area contributed by atoms with Gasteiger partial charge in [-0.15, -0.1) is 0 Å². The highest BCUT2D eigenvalue weighted by Crippen LogP contribution is 2.15. The molecular formula is C15H20N4O. The number of amides is 1. The minimum absolute atomic E-state index is 0.0475. The van der Waals surface area contributed by atoms with E-state index >= 15 is 0 Å². The van der Waals surface area contributed by atoms with E-state index in [4.69, 9.17) is 5.73 Å². The second-order valence-electron chi connectivity index (χ2n) is 4.82. The van der Waals surface area contributed by atoms with Crippen LogP contribution in [0.4, 0.5) is 5.69 Å². The Morgan fingerprint density at radius 3 is 3.05 bits per heavy atom. The van der Waals surface area contributed by atoms with E-state index in [0.717, 1.165) is 24.2 Å². The van der Waals surface area contributed by atoms with E-state index in [9.17, 15) is 4.79 Å². The summed E-state index contributed by atoms with van der Waals surface area (Å²) < 4.78 is 1.89. The number of hydrogen-bond acceptors (Lipinski definition) is 3. The number of carbonyl (C=O) groups excluding carboxylic acids is 1. The highest BCUT2D eigenvalue weighted by atomic mass is 16.1. The number of anilines is 1. The Bertz CT molecular complexity index is 551. The number of nitrogens with two attached hydrogens (primary N) is 1. The van der Waals surface area contributed by atoms with Gasteiger partial charge in [-0.1, -0.05) is 19.4 Å². The number of aromatic nitrogens is 2. The normalized spacial score (nSPS) is 12.1. The second-order valence-corrected chi connectivity index (χ2v) is 4.82. The van der Waals surface area contributed by atoms with Crippen molar-refractivity contribution in [3.05, 3.63) is 43.0 Å². The second kappa shape index (κ2) is 6.86. The van der Waals surface area contributed by atoms with E-state index in [-0.39, 0.29) is 11.9 Å². The summed E-state index contributed by atoms with van der Waals surface area (Å²) in [6.45, 7) is 2.06. The van der Waals surface area contributed by atoms with Crippen LogP contribution in [0.5, 0.6) is 0 Å². The van der Waals surface area contributed by atoms with Gasteiger partial charge in [0.15, 0.2) is 0 Å². The molecule has 2 aromatic rings. The summed E-state index contributed by atoms with van der Waals surface area (Å²) in [6.07, 6.45) is 7.50. The van der Waals surface area contributed by atoms with E-state index < -0.39 is 0 Å². The van der Waals surface area contributed by atoms with E-state index in [1.807, 2.05) is 35.0 Å². The van der Waals surface area contributed by atoms with Crippen LogP contribution in [0.2, 0.25) is 0 Å². The fourth-order valence-corrected chi connectivity index (χ4v) is 2.08. The average Bonchev–Trinajstić information content (AvgIpc) is 2.92. The topological polar surface area (TPSA) is 72.9 Å². The Hall–Kier alpha value is -2.14. The lowest BCUT2D eigenvalue weighted by atomic mass is 10.1. The van der Waals surface area contributed by atoms with Gasteiger partial charge in [-0.05, 0) is 24.6 Å². The van der Waals surface area contributed by atoms with Crippen LogP contribution in [-0.4, -0.2) is 21.5 Å². The van der Waals surface area contributed by atoms with Crippen molar-refractivity contribution in [2.75, 3.05) is 5.32 Å². The number of rotatable bonds is 6.